The molecule has 1 aromatic rings. The molecule has 0 N–H and O–H groups in total. The third-order valence-corrected chi connectivity index (χ3v) is 6.47. The molecule has 1 aliphatic rings. The van der Waals surface area contributed by atoms with Crippen molar-refractivity contribution >= 4 is 39.1 Å². The highest BCUT2D eigenvalue weighted by Crippen LogP contribution is 2.27. The van der Waals surface area contributed by atoms with Gasteiger partial charge in [-0.15, -0.1) is 0 Å². The highest BCUT2D eigenvalue weighted by Gasteiger charge is 2.28. The van der Waals surface area contributed by atoms with E-state index in [9.17, 15) is 13.2 Å². The molecule has 0 bridgehead atoms. The number of piperidine rings is 1. The van der Waals surface area contributed by atoms with Gasteiger partial charge in [-0.3, -0.25) is 4.79 Å². The SMILES string of the molecule is C[C@H]1CCCN(C(=O)CN(C)S(=O)(=O)c2cc(Cl)ccc2Cl)C1. The van der Waals surface area contributed by atoms with Crippen LogP contribution in [0.4, 0.5) is 0 Å². The molecule has 0 radical (unpaired) electrons. The fraction of sp³-hybridized carbons (Fsp3) is 0.533. The summed E-state index contributed by atoms with van der Waals surface area (Å²) in [6, 6.07) is 4.24. The Morgan fingerprint density at radius 3 is 2.74 bits per heavy atom. The second-order valence-corrected chi connectivity index (χ2v) is 8.78. The minimum Gasteiger partial charge on any atom is -0.341 e. The van der Waals surface area contributed by atoms with Gasteiger partial charge in [0.1, 0.15) is 4.90 Å². The van der Waals surface area contributed by atoms with E-state index >= 15 is 0 Å². The summed E-state index contributed by atoms with van der Waals surface area (Å²) < 4.78 is 26.2. The Bertz CT molecular complexity index is 694. The van der Waals surface area contributed by atoms with Crippen LogP contribution in [0.5, 0.6) is 0 Å². The van der Waals surface area contributed by atoms with Crippen molar-refractivity contribution in [3.8, 4) is 0 Å². The van der Waals surface area contributed by atoms with Gasteiger partial charge in [0.2, 0.25) is 15.9 Å². The molecule has 0 aliphatic carbocycles. The van der Waals surface area contributed by atoms with Gasteiger partial charge in [-0.1, -0.05) is 30.1 Å². The summed E-state index contributed by atoms with van der Waals surface area (Å²) in [6.07, 6.45) is 2.04. The molecule has 1 amide bonds. The number of halogens is 2. The van der Waals surface area contributed by atoms with Crippen molar-refractivity contribution in [1.82, 2.24) is 9.21 Å². The second-order valence-electron chi connectivity index (χ2n) is 5.92. The molecule has 0 spiro atoms. The molecule has 1 atom stereocenters. The molecule has 5 nitrogen and oxygen atoms in total. The molecule has 1 aromatic carbocycles. The molecule has 0 unspecified atom stereocenters. The van der Waals surface area contributed by atoms with E-state index in [2.05, 4.69) is 6.92 Å². The Hall–Kier alpha value is -0.820. The van der Waals surface area contributed by atoms with Crippen molar-refractivity contribution in [1.29, 1.82) is 0 Å². The number of likely N-dealkylation sites (tertiary alicyclic amines) is 1. The van der Waals surface area contributed by atoms with E-state index in [0.29, 0.717) is 19.0 Å². The average molecular weight is 379 g/mol. The Balaban J connectivity index is 2.14. The van der Waals surface area contributed by atoms with E-state index in [1.54, 1.807) is 4.90 Å². The molecule has 128 valence electrons. The molecule has 1 heterocycles. The van der Waals surface area contributed by atoms with Crippen molar-refractivity contribution in [2.24, 2.45) is 5.92 Å². The van der Waals surface area contributed by atoms with Crippen LogP contribution in [0.15, 0.2) is 23.1 Å². The lowest BCUT2D eigenvalue weighted by Gasteiger charge is -2.32. The lowest BCUT2D eigenvalue weighted by molar-refractivity contribution is -0.132. The summed E-state index contributed by atoms with van der Waals surface area (Å²) in [5, 5.41) is 0.359. The molecule has 23 heavy (non-hydrogen) atoms. The highest BCUT2D eigenvalue weighted by molar-refractivity contribution is 7.89. The molecular weight excluding hydrogens is 359 g/mol. The second kappa shape index (κ2) is 7.38. The standard InChI is InChI=1S/C15H20Cl2N2O3S/c1-11-4-3-7-19(9-11)15(20)10-18(2)23(21,22)14-8-12(16)5-6-13(14)17/h5-6,8,11H,3-4,7,9-10H2,1-2H3/t11-/m0/s1. The number of rotatable bonds is 4. The maximum absolute atomic E-state index is 12.6. The van der Waals surface area contributed by atoms with Crippen LogP contribution >= 0.6 is 23.2 Å². The summed E-state index contributed by atoms with van der Waals surface area (Å²) in [5.74, 6) is 0.248. The van der Waals surface area contributed by atoms with Gasteiger partial charge in [0.15, 0.2) is 0 Å². The van der Waals surface area contributed by atoms with Crippen molar-refractivity contribution in [2.45, 2.75) is 24.7 Å². The van der Waals surface area contributed by atoms with E-state index in [1.165, 1.54) is 25.2 Å². The van der Waals surface area contributed by atoms with E-state index in [0.717, 1.165) is 17.1 Å². The Labute approximate surface area is 147 Å². The lowest BCUT2D eigenvalue weighted by atomic mass is 10.0. The number of carbonyl (C=O) groups is 1. The first-order valence-electron chi connectivity index (χ1n) is 7.41. The number of hydrogen-bond donors (Lipinski definition) is 0. The van der Waals surface area contributed by atoms with Gasteiger partial charge < -0.3 is 4.90 Å². The minimum atomic E-state index is -3.87. The number of sulfonamides is 1. The van der Waals surface area contributed by atoms with E-state index in [1.807, 2.05) is 0 Å². The van der Waals surface area contributed by atoms with Crippen molar-refractivity contribution in [3.63, 3.8) is 0 Å². The minimum absolute atomic E-state index is 0.0836. The third-order valence-electron chi connectivity index (χ3n) is 3.95. The molecule has 2 rings (SSSR count). The van der Waals surface area contributed by atoms with Gasteiger partial charge >= 0.3 is 0 Å². The fourth-order valence-corrected chi connectivity index (χ4v) is 4.49. The molecule has 8 heteroatoms. The van der Waals surface area contributed by atoms with E-state index < -0.39 is 10.0 Å². The Morgan fingerprint density at radius 2 is 2.09 bits per heavy atom. The maximum atomic E-state index is 12.6. The smallest absolute Gasteiger partial charge is 0.244 e. The number of benzene rings is 1. The van der Waals surface area contributed by atoms with Gasteiger partial charge in [0, 0.05) is 25.2 Å². The Kier molecular flexibility index (Phi) is 5.94. The van der Waals surface area contributed by atoms with Crippen LogP contribution < -0.4 is 0 Å². The van der Waals surface area contributed by atoms with Crippen LogP contribution in [0, 0.1) is 5.92 Å². The van der Waals surface area contributed by atoms with Crippen LogP contribution in [0.2, 0.25) is 10.0 Å². The molecule has 0 saturated carbocycles. The summed E-state index contributed by atoms with van der Waals surface area (Å²) in [4.78, 5) is 14.0. The molecule has 1 fully saturated rings. The zero-order chi connectivity index (χ0) is 17.2. The van der Waals surface area contributed by atoms with E-state index in [4.69, 9.17) is 23.2 Å². The quantitative estimate of drug-likeness (QED) is 0.808. The monoisotopic (exact) mass is 378 g/mol. The van der Waals surface area contributed by atoms with Gasteiger partial charge in [0.25, 0.3) is 0 Å². The zero-order valence-corrected chi connectivity index (χ0v) is 15.5. The number of hydrogen-bond acceptors (Lipinski definition) is 3. The number of amides is 1. The zero-order valence-electron chi connectivity index (χ0n) is 13.1. The molecule has 0 aromatic heterocycles. The largest absolute Gasteiger partial charge is 0.341 e. The molecule has 1 saturated heterocycles. The first kappa shape index (κ1) is 18.5. The fourth-order valence-electron chi connectivity index (χ4n) is 2.63. The topological polar surface area (TPSA) is 57.7 Å². The third kappa shape index (κ3) is 4.38. The number of carbonyl (C=O) groups excluding carboxylic acids is 1. The number of likely N-dealkylation sites (N-methyl/N-ethyl adjacent to an activating group) is 1. The van der Waals surface area contributed by atoms with E-state index in [-0.39, 0.29) is 27.4 Å². The van der Waals surface area contributed by atoms with Crippen LogP contribution in [0.3, 0.4) is 0 Å². The van der Waals surface area contributed by atoms with Crippen LogP contribution in [-0.2, 0) is 14.8 Å². The highest BCUT2D eigenvalue weighted by atomic mass is 35.5. The van der Waals surface area contributed by atoms with Crippen LogP contribution in [-0.4, -0.2) is 50.2 Å². The van der Waals surface area contributed by atoms with Crippen LogP contribution in [0.25, 0.3) is 0 Å². The van der Waals surface area contributed by atoms with Crippen molar-refractivity contribution in [3.05, 3.63) is 28.2 Å². The van der Waals surface area contributed by atoms with Crippen LogP contribution in [0.1, 0.15) is 19.8 Å². The lowest BCUT2D eigenvalue weighted by Crippen LogP contribution is -2.45. The number of nitrogens with zero attached hydrogens (tertiary/aromatic N) is 2. The Morgan fingerprint density at radius 1 is 1.39 bits per heavy atom. The molecular formula is C15H20Cl2N2O3S. The van der Waals surface area contributed by atoms with Crippen molar-refractivity contribution in [2.75, 3.05) is 26.7 Å². The summed E-state index contributed by atoms with van der Waals surface area (Å²) in [5.41, 5.74) is 0. The van der Waals surface area contributed by atoms with Crippen molar-refractivity contribution < 1.29 is 13.2 Å². The van der Waals surface area contributed by atoms with Gasteiger partial charge in [-0.05, 0) is 37.0 Å². The summed E-state index contributed by atoms with van der Waals surface area (Å²) in [6.45, 7) is 3.23. The maximum Gasteiger partial charge on any atom is 0.244 e. The van der Waals surface area contributed by atoms with Gasteiger partial charge in [0.05, 0.1) is 11.6 Å². The summed E-state index contributed by atoms with van der Waals surface area (Å²) >= 11 is 11.8. The predicted molar refractivity (Wildman–Crippen MR) is 91.3 cm³/mol. The first-order valence-corrected chi connectivity index (χ1v) is 9.60. The van der Waals surface area contributed by atoms with Gasteiger partial charge in [-0.2, -0.15) is 4.31 Å². The predicted octanol–water partition coefficient (Wildman–Crippen LogP) is 2.87. The first-order chi connectivity index (χ1) is 10.7. The molecule has 1 aliphatic heterocycles. The normalized spacial score (nSPS) is 19.2. The van der Waals surface area contributed by atoms with Gasteiger partial charge in [-0.25, -0.2) is 8.42 Å². The summed E-state index contributed by atoms with van der Waals surface area (Å²) in [7, 11) is -2.50. The average Bonchev–Trinajstić information content (AvgIpc) is 2.49.